The molecule has 12 nitrogen and oxygen atoms in total. The van der Waals surface area contributed by atoms with E-state index in [1.54, 1.807) is 12.4 Å². The standard InChI is InChI=1S/C18H24N10O2/c1-26-8-10-27(11-9-26)12-14-15(22-25-28(14)17-16(19)23-30-24-17)18(29)21-7-4-13-2-5-20-6-3-13/h2-3,5-6H,4,7-12H2,1H3,(H2,19,23)(H,21,29). The Bertz CT molecular complexity index is 978. The van der Waals surface area contributed by atoms with Crippen LogP contribution in [0.3, 0.4) is 0 Å². The maximum Gasteiger partial charge on any atom is 0.273 e. The van der Waals surface area contributed by atoms with E-state index in [0.717, 1.165) is 31.7 Å². The topological polar surface area (TPSA) is 144 Å². The molecule has 0 radical (unpaired) electrons. The lowest BCUT2D eigenvalue weighted by atomic mass is 10.2. The third kappa shape index (κ3) is 4.44. The second kappa shape index (κ2) is 8.97. The van der Waals surface area contributed by atoms with E-state index in [-0.39, 0.29) is 23.2 Å². The lowest BCUT2D eigenvalue weighted by molar-refractivity contribution is 0.0945. The van der Waals surface area contributed by atoms with Gasteiger partial charge in [0.2, 0.25) is 11.6 Å². The maximum absolute atomic E-state index is 12.9. The minimum Gasteiger partial charge on any atom is -0.378 e. The van der Waals surface area contributed by atoms with E-state index in [2.05, 4.69) is 47.8 Å². The number of carbonyl (C=O) groups is 1. The number of nitrogen functional groups attached to an aromatic ring is 1. The molecule has 3 N–H and O–H groups in total. The van der Waals surface area contributed by atoms with Crippen LogP contribution in [-0.4, -0.2) is 85.8 Å². The summed E-state index contributed by atoms with van der Waals surface area (Å²) in [6, 6.07) is 3.84. The van der Waals surface area contributed by atoms with Crippen molar-refractivity contribution < 1.29 is 9.42 Å². The zero-order valence-corrected chi connectivity index (χ0v) is 16.7. The zero-order valence-electron chi connectivity index (χ0n) is 16.7. The Labute approximate surface area is 173 Å². The van der Waals surface area contributed by atoms with Gasteiger partial charge in [-0.3, -0.25) is 14.7 Å². The minimum atomic E-state index is -0.297. The van der Waals surface area contributed by atoms with E-state index >= 15 is 0 Å². The van der Waals surface area contributed by atoms with Crippen LogP contribution < -0.4 is 11.1 Å². The fourth-order valence-corrected chi connectivity index (χ4v) is 3.30. The lowest BCUT2D eigenvalue weighted by Crippen LogP contribution is -2.44. The highest BCUT2D eigenvalue weighted by Gasteiger charge is 2.26. The van der Waals surface area contributed by atoms with Gasteiger partial charge in [0, 0.05) is 51.7 Å². The van der Waals surface area contributed by atoms with Crippen molar-refractivity contribution in [1.82, 2.24) is 45.4 Å². The van der Waals surface area contributed by atoms with Crippen molar-refractivity contribution in [2.45, 2.75) is 13.0 Å². The van der Waals surface area contributed by atoms with Crippen LogP contribution in [0, 0.1) is 0 Å². The van der Waals surface area contributed by atoms with Crippen molar-refractivity contribution in [2.24, 2.45) is 0 Å². The Morgan fingerprint density at radius 3 is 2.67 bits per heavy atom. The van der Waals surface area contributed by atoms with Crippen molar-refractivity contribution in [3.8, 4) is 5.82 Å². The summed E-state index contributed by atoms with van der Waals surface area (Å²) in [5.74, 6) is 0.0149. The molecule has 0 unspecified atom stereocenters. The molecule has 0 atom stereocenters. The first-order chi connectivity index (χ1) is 14.6. The smallest absolute Gasteiger partial charge is 0.273 e. The number of nitrogens with two attached hydrogens (primary N) is 1. The molecule has 158 valence electrons. The summed E-state index contributed by atoms with van der Waals surface area (Å²) in [6.07, 6.45) is 4.15. The van der Waals surface area contributed by atoms with Crippen molar-refractivity contribution in [1.29, 1.82) is 0 Å². The summed E-state index contributed by atoms with van der Waals surface area (Å²) in [5.41, 5.74) is 7.77. The first-order valence-electron chi connectivity index (χ1n) is 9.73. The molecule has 1 saturated heterocycles. The predicted molar refractivity (Wildman–Crippen MR) is 107 cm³/mol. The predicted octanol–water partition coefficient (Wildman–Crippen LogP) is -0.653. The molecular formula is C18H24N10O2. The van der Waals surface area contributed by atoms with Crippen LogP contribution in [0.25, 0.3) is 5.82 Å². The SMILES string of the molecule is CN1CCN(Cc2c(C(=O)NCCc3ccncc3)nnn2-c2nonc2N)CC1. The fraction of sp³-hybridized carbons (Fsp3) is 0.444. The zero-order chi connectivity index (χ0) is 20.9. The molecule has 3 aromatic rings. The third-order valence-electron chi connectivity index (χ3n) is 5.09. The molecule has 0 saturated carbocycles. The molecule has 0 spiro atoms. The number of likely N-dealkylation sites (N-methyl/N-ethyl adjacent to an activating group) is 1. The van der Waals surface area contributed by atoms with Crippen LogP contribution in [0.4, 0.5) is 5.82 Å². The summed E-state index contributed by atoms with van der Waals surface area (Å²) >= 11 is 0. The van der Waals surface area contributed by atoms with Gasteiger partial charge in [0.05, 0.1) is 5.69 Å². The average Bonchev–Trinajstić information content (AvgIpc) is 3.36. The molecule has 1 aliphatic heterocycles. The van der Waals surface area contributed by atoms with Crippen LogP contribution in [0.2, 0.25) is 0 Å². The van der Waals surface area contributed by atoms with Crippen LogP contribution in [0.15, 0.2) is 29.2 Å². The van der Waals surface area contributed by atoms with Gasteiger partial charge < -0.3 is 16.0 Å². The van der Waals surface area contributed by atoms with Gasteiger partial charge >= 0.3 is 0 Å². The number of pyridine rings is 1. The third-order valence-corrected chi connectivity index (χ3v) is 5.09. The highest BCUT2D eigenvalue weighted by Crippen LogP contribution is 2.18. The number of nitrogens with zero attached hydrogens (tertiary/aromatic N) is 8. The Kier molecular flexibility index (Phi) is 5.95. The summed E-state index contributed by atoms with van der Waals surface area (Å²) in [5, 5.41) is 18.5. The Morgan fingerprint density at radius 2 is 1.97 bits per heavy atom. The monoisotopic (exact) mass is 412 g/mol. The van der Waals surface area contributed by atoms with Gasteiger partial charge in [0.1, 0.15) is 0 Å². The quantitative estimate of drug-likeness (QED) is 0.513. The van der Waals surface area contributed by atoms with E-state index < -0.39 is 0 Å². The molecule has 1 fully saturated rings. The van der Waals surface area contributed by atoms with E-state index in [1.807, 2.05) is 12.1 Å². The van der Waals surface area contributed by atoms with E-state index in [1.165, 1.54) is 4.68 Å². The number of carbonyl (C=O) groups excluding carboxylic acids is 1. The average molecular weight is 412 g/mol. The summed E-state index contributed by atoms with van der Waals surface area (Å²) in [4.78, 5) is 21.4. The Balaban J connectivity index is 1.52. The summed E-state index contributed by atoms with van der Waals surface area (Å²) < 4.78 is 6.14. The molecule has 3 aromatic heterocycles. The molecule has 1 aliphatic rings. The van der Waals surface area contributed by atoms with Crippen LogP contribution in [-0.2, 0) is 13.0 Å². The molecule has 4 heterocycles. The minimum absolute atomic E-state index is 0.0872. The molecule has 1 amide bonds. The number of piperazine rings is 1. The van der Waals surface area contributed by atoms with Gasteiger partial charge in [0.25, 0.3) is 5.91 Å². The second-order valence-corrected chi connectivity index (χ2v) is 7.21. The molecule has 0 bridgehead atoms. The van der Waals surface area contributed by atoms with E-state index in [9.17, 15) is 4.79 Å². The number of nitrogens with one attached hydrogen (secondary N) is 1. The largest absolute Gasteiger partial charge is 0.378 e. The highest BCUT2D eigenvalue weighted by molar-refractivity contribution is 5.93. The van der Waals surface area contributed by atoms with Gasteiger partial charge in [-0.25, -0.2) is 4.63 Å². The number of amides is 1. The number of aromatic nitrogens is 6. The lowest BCUT2D eigenvalue weighted by Gasteiger charge is -2.32. The summed E-state index contributed by atoms with van der Waals surface area (Å²) in [6.45, 7) is 4.59. The summed E-state index contributed by atoms with van der Waals surface area (Å²) in [7, 11) is 2.09. The van der Waals surface area contributed by atoms with Crippen molar-refractivity contribution in [2.75, 3.05) is 45.5 Å². The first-order valence-corrected chi connectivity index (χ1v) is 9.73. The van der Waals surface area contributed by atoms with Gasteiger partial charge in [-0.1, -0.05) is 5.21 Å². The number of anilines is 1. The second-order valence-electron chi connectivity index (χ2n) is 7.21. The van der Waals surface area contributed by atoms with E-state index in [0.29, 0.717) is 25.2 Å². The molecule has 30 heavy (non-hydrogen) atoms. The van der Waals surface area contributed by atoms with Crippen LogP contribution >= 0.6 is 0 Å². The first kappa shape index (κ1) is 19.9. The fourth-order valence-electron chi connectivity index (χ4n) is 3.30. The number of rotatable bonds is 7. The Morgan fingerprint density at radius 1 is 1.20 bits per heavy atom. The highest BCUT2D eigenvalue weighted by atomic mass is 16.6. The molecule has 0 aliphatic carbocycles. The van der Waals surface area contributed by atoms with Gasteiger partial charge in [-0.2, -0.15) is 4.68 Å². The molecular weight excluding hydrogens is 388 g/mol. The van der Waals surface area contributed by atoms with Crippen LogP contribution in [0.5, 0.6) is 0 Å². The molecule has 4 rings (SSSR count). The van der Waals surface area contributed by atoms with Crippen molar-refractivity contribution >= 4 is 11.7 Å². The number of hydrogen-bond donors (Lipinski definition) is 2. The normalized spacial score (nSPS) is 15.4. The van der Waals surface area contributed by atoms with Crippen LogP contribution in [0.1, 0.15) is 21.7 Å². The van der Waals surface area contributed by atoms with Crippen molar-refractivity contribution in [3.63, 3.8) is 0 Å². The Hall–Kier alpha value is -3.38. The van der Waals surface area contributed by atoms with Crippen molar-refractivity contribution in [3.05, 3.63) is 41.5 Å². The maximum atomic E-state index is 12.9. The molecule has 0 aromatic carbocycles. The van der Waals surface area contributed by atoms with E-state index in [4.69, 9.17) is 10.4 Å². The number of hydrogen-bond acceptors (Lipinski definition) is 10. The van der Waals surface area contributed by atoms with Gasteiger partial charge in [-0.15, -0.1) is 5.10 Å². The van der Waals surface area contributed by atoms with Gasteiger partial charge in [-0.05, 0) is 41.5 Å². The van der Waals surface area contributed by atoms with Gasteiger partial charge in [0.15, 0.2) is 5.69 Å². The molecule has 12 heteroatoms.